The molecule has 1 aromatic heterocycles. The summed E-state index contributed by atoms with van der Waals surface area (Å²) in [6.07, 6.45) is 0. The van der Waals surface area contributed by atoms with Crippen LogP contribution < -0.4 is 0 Å². The van der Waals surface area contributed by atoms with Gasteiger partial charge in [0.1, 0.15) is 5.82 Å². The molecule has 0 aliphatic carbocycles. The van der Waals surface area contributed by atoms with Crippen LogP contribution in [0.2, 0.25) is 0 Å². The molecular formula is C9H17ClN4O2S. The first-order valence-electron chi connectivity index (χ1n) is 5.07. The molecule has 8 heteroatoms. The summed E-state index contributed by atoms with van der Waals surface area (Å²) in [5.74, 6) is 0.571. The van der Waals surface area contributed by atoms with E-state index >= 15 is 0 Å². The fourth-order valence-corrected chi connectivity index (χ4v) is 2.55. The summed E-state index contributed by atoms with van der Waals surface area (Å²) in [5, 5.41) is 7.37. The van der Waals surface area contributed by atoms with E-state index in [1.54, 1.807) is 4.57 Å². The zero-order valence-electron chi connectivity index (χ0n) is 10.6. The van der Waals surface area contributed by atoms with E-state index in [1.165, 1.54) is 0 Å². The first-order chi connectivity index (χ1) is 7.53. The summed E-state index contributed by atoms with van der Waals surface area (Å²) in [4.78, 5) is 1.89. The Labute approximate surface area is 106 Å². The second-order valence-electron chi connectivity index (χ2n) is 5.08. The molecule has 0 spiro atoms. The number of nitrogens with zero attached hydrogens (tertiary/aromatic N) is 4. The van der Waals surface area contributed by atoms with Gasteiger partial charge in [-0.3, -0.25) is 4.57 Å². The maximum Gasteiger partial charge on any atom is 0.296 e. The predicted molar refractivity (Wildman–Crippen MR) is 65.4 cm³/mol. The summed E-state index contributed by atoms with van der Waals surface area (Å²) < 4.78 is 24.4. The number of halogens is 1. The Morgan fingerprint density at radius 1 is 1.29 bits per heavy atom. The molecule has 0 bridgehead atoms. The SMILES string of the molecule is CN(C)Cc1nnc(S(=O)(=O)Cl)n1C(C)(C)C. The monoisotopic (exact) mass is 280 g/mol. The van der Waals surface area contributed by atoms with Crippen LogP contribution in [0.5, 0.6) is 0 Å². The van der Waals surface area contributed by atoms with Gasteiger partial charge in [0.25, 0.3) is 14.2 Å². The highest BCUT2D eigenvalue weighted by atomic mass is 35.7. The van der Waals surface area contributed by atoms with Crippen molar-refractivity contribution < 1.29 is 8.42 Å². The second kappa shape index (κ2) is 4.55. The van der Waals surface area contributed by atoms with Crippen LogP contribution in [-0.4, -0.2) is 42.2 Å². The molecule has 0 aliphatic rings. The number of aromatic nitrogens is 3. The molecular weight excluding hydrogens is 264 g/mol. The Bertz CT molecular complexity index is 502. The maximum absolute atomic E-state index is 11.4. The van der Waals surface area contributed by atoms with E-state index in [-0.39, 0.29) is 5.16 Å². The molecule has 0 unspecified atom stereocenters. The van der Waals surface area contributed by atoms with Crippen molar-refractivity contribution in [3.63, 3.8) is 0 Å². The average Bonchev–Trinajstić information content (AvgIpc) is 2.44. The molecule has 0 fully saturated rings. The van der Waals surface area contributed by atoms with Crippen LogP contribution >= 0.6 is 10.7 Å². The largest absolute Gasteiger partial charge is 0.302 e. The lowest BCUT2D eigenvalue weighted by Gasteiger charge is -2.24. The lowest BCUT2D eigenvalue weighted by molar-refractivity contribution is 0.316. The van der Waals surface area contributed by atoms with Crippen molar-refractivity contribution in [2.75, 3.05) is 14.1 Å². The van der Waals surface area contributed by atoms with Crippen molar-refractivity contribution >= 4 is 19.7 Å². The van der Waals surface area contributed by atoms with Gasteiger partial charge in [-0.15, -0.1) is 10.2 Å². The van der Waals surface area contributed by atoms with Crippen LogP contribution in [-0.2, 0) is 21.1 Å². The average molecular weight is 281 g/mol. The summed E-state index contributed by atoms with van der Waals surface area (Å²) in [7, 11) is 5.21. The van der Waals surface area contributed by atoms with Gasteiger partial charge in [-0.05, 0) is 34.9 Å². The van der Waals surface area contributed by atoms with Gasteiger partial charge in [0.15, 0.2) is 0 Å². The molecule has 1 rings (SSSR count). The van der Waals surface area contributed by atoms with Gasteiger partial charge in [0.2, 0.25) is 0 Å². The summed E-state index contributed by atoms with van der Waals surface area (Å²) in [6.45, 7) is 6.12. The fourth-order valence-electron chi connectivity index (χ4n) is 1.52. The molecule has 1 aromatic rings. The zero-order chi connectivity index (χ0) is 13.4. The van der Waals surface area contributed by atoms with Gasteiger partial charge in [0.05, 0.1) is 6.54 Å². The van der Waals surface area contributed by atoms with Gasteiger partial charge < -0.3 is 4.90 Å². The van der Waals surface area contributed by atoms with E-state index < -0.39 is 14.6 Å². The number of rotatable bonds is 3. The van der Waals surface area contributed by atoms with Crippen LogP contribution in [0.25, 0.3) is 0 Å². The Balaban J connectivity index is 3.42. The number of hydrogen-bond donors (Lipinski definition) is 0. The molecule has 98 valence electrons. The molecule has 1 heterocycles. The lowest BCUT2D eigenvalue weighted by Crippen LogP contribution is -2.29. The van der Waals surface area contributed by atoms with Crippen molar-refractivity contribution in [3.05, 3.63) is 5.82 Å². The van der Waals surface area contributed by atoms with Gasteiger partial charge in [-0.25, -0.2) is 8.42 Å². The summed E-state index contributed by atoms with van der Waals surface area (Å²) in [6, 6.07) is 0. The van der Waals surface area contributed by atoms with Crippen molar-refractivity contribution in [1.29, 1.82) is 0 Å². The van der Waals surface area contributed by atoms with Gasteiger partial charge in [0, 0.05) is 16.2 Å². The molecule has 0 atom stereocenters. The maximum atomic E-state index is 11.4. The smallest absolute Gasteiger partial charge is 0.296 e. The molecule has 0 aliphatic heterocycles. The highest BCUT2D eigenvalue weighted by Crippen LogP contribution is 2.24. The van der Waals surface area contributed by atoms with Crippen LogP contribution in [0.3, 0.4) is 0 Å². The van der Waals surface area contributed by atoms with E-state index in [2.05, 4.69) is 10.2 Å². The quantitative estimate of drug-likeness (QED) is 0.774. The first-order valence-corrected chi connectivity index (χ1v) is 7.38. The molecule has 17 heavy (non-hydrogen) atoms. The second-order valence-corrected chi connectivity index (χ2v) is 7.54. The molecule has 0 amide bonds. The summed E-state index contributed by atoms with van der Waals surface area (Å²) >= 11 is 0. The topological polar surface area (TPSA) is 68.1 Å². The molecule has 0 radical (unpaired) electrons. The third-order valence-corrected chi connectivity index (χ3v) is 3.16. The fraction of sp³-hybridized carbons (Fsp3) is 0.778. The first kappa shape index (κ1) is 14.4. The normalized spacial score (nSPS) is 13.4. The Morgan fingerprint density at radius 3 is 2.18 bits per heavy atom. The van der Waals surface area contributed by atoms with E-state index in [1.807, 2.05) is 39.8 Å². The van der Waals surface area contributed by atoms with Crippen LogP contribution in [0.4, 0.5) is 0 Å². The Hall–Kier alpha value is -0.660. The number of hydrogen-bond acceptors (Lipinski definition) is 5. The Kier molecular flexibility index (Phi) is 3.85. The van der Waals surface area contributed by atoms with Crippen molar-refractivity contribution in [1.82, 2.24) is 19.7 Å². The Morgan fingerprint density at radius 2 is 1.82 bits per heavy atom. The molecule has 0 N–H and O–H groups in total. The van der Waals surface area contributed by atoms with E-state index in [0.29, 0.717) is 12.4 Å². The van der Waals surface area contributed by atoms with Crippen LogP contribution in [0.15, 0.2) is 5.16 Å². The highest BCUT2D eigenvalue weighted by molar-refractivity contribution is 8.13. The third kappa shape index (κ3) is 3.40. The minimum atomic E-state index is -3.89. The highest BCUT2D eigenvalue weighted by Gasteiger charge is 2.29. The van der Waals surface area contributed by atoms with Crippen LogP contribution in [0.1, 0.15) is 26.6 Å². The minimum absolute atomic E-state index is 0.205. The van der Waals surface area contributed by atoms with E-state index in [9.17, 15) is 8.42 Å². The third-order valence-electron chi connectivity index (χ3n) is 2.05. The van der Waals surface area contributed by atoms with Gasteiger partial charge in [-0.1, -0.05) is 0 Å². The van der Waals surface area contributed by atoms with Gasteiger partial charge in [-0.2, -0.15) is 0 Å². The lowest BCUT2D eigenvalue weighted by atomic mass is 10.1. The predicted octanol–water partition coefficient (Wildman–Crippen LogP) is 1.02. The molecule has 6 nitrogen and oxygen atoms in total. The molecule has 0 saturated carbocycles. The molecule has 0 aromatic carbocycles. The van der Waals surface area contributed by atoms with Crippen LogP contribution in [0, 0.1) is 0 Å². The zero-order valence-corrected chi connectivity index (χ0v) is 12.2. The van der Waals surface area contributed by atoms with Gasteiger partial charge >= 0.3 is 0 Å². The van der Waals surface area contributed by atoms with Crippen molar-refractivity contribution in [2.24, 2.45) is 0 Å². The van der Waals surface area contributed by atoms with Crippen molar-refractivity contribution in [2.45, 2.75) is 38.0 Å². The minimum Gasteiger partial charge on any atom is -0.302 e. The van der Waals surface area contributed by atoms with E-state index in [0.717, 1.165) is 0 Å². The summed E-state index contributed by atoms with van der Waals surface area (Å²) in [5.41, 5.74) is -0.452. The van der Waals surface area contributed by atoms with E-state index in [4.69, 9.17) is 10.7 Å². The molecule has 0 saturated heterocycles. The standard InChI is InChI=1S/C9H17ClN4O2S/c1-9(2,3)14-7(6-13(4)5)11-12-8(14)17(10,15)16/h6H2,1-5H3. The van der Waals surface area contributed by atoms with Crippen molar-refractivity contribution in [3.8, 4) is 0 Å².